The van der Waals surface area contributed by atoms with E-state index in [0.29, 0.717) is 18.0 Å². The Bertz CT molecular complexity index is 753. The number of likely N-dealkylation sites (tertiary alicyclic amines) is 1. The highest BCUT2D eigenvalue weighted by Gasteiger charge is 2.53. The molecule has 0 aliphatic carbocycles. The topological polar surface area (TPSA) is 33.7 Å². The van der Waals surface area contributed by atoms with Crippen molar-refractivity contribution in [1.82, 2.24) is 10.2 Å². The maximum atomic E-state index is 6.43. The Kier molecular flexibility index (Phi) is 5.55. The molecule has 1 spiro atoms. The van der Waals surface area contributed by atoms with Crippen molar-refractivity contribution in [2.45, 2.75) is 63.1 Å². The lowest BCUT2D eigenvalue weighted by Gasteiger charge is -2.48. The molecule has 3 saturated heterocycles. The van der Waals surface area contributed by atoms with Crippen LogP contribution in [0.15, 0.2) is 30.3 Å². The Balaban J connectivity index is 1.20. The van der Waals surface area contributed by atoms with Crippen LogP contribution in [0.1, 0.15) is 56.6 Å². The fourth-order valence-corrected chi connectivity index (χ4v) is 5.92. The van der Waals surface area contributed by atoms with Crippen LogP contribution in [0.3, 0.4) is 0 Å². The van der Waals surface area contributed by atoms with Crippen molar-refractivity contribution in [1.29, 1.82) is 0 Å². The molecular weight excluding hydrogens is 360 g/mol. The summed E-state index contributed by atoms with van der Waals surface area (Å²) in [6.07, 6.45) is 7.20. The van der Waals surface area contributed by atoms with E-state index in [0.717, 1.165) is 32.3 Å². The average Bonchev–Trinajstić information content (AvgIpc) is 3.43. The molecule has 4 nitrogen and oxygen atoms in total. The molecule has 0 aromatic heterocycles. The summed E-state index contributed by atoms with van der Waals surface area (Å²) in [6.45, 7) is 10.5. The van der Waals surface area contributed by atoms with Crippen LogP contribution in [0.5, 0.6) is 0 Å². The minimum atomic E-state index is 0.118. The zero-order valence-corrected chi connectivity index (χ0v) is 18.0. The van der Waals surface area contributed by atoms with E-state index in [4.69, 9.17) is 9.47 Å². The summed E-state index contributed by atoms with van der Waals surface area (Å²) in [5, 5.41) is 3.64. The maximum Gasteiger partial charge on any atom is 0.0974 e. The van der Waals surface area contributed by atoms with Gasteiger partial charge < -0.3 is 14.8 Å². The molecule has 0 bridgehead atoms. The minimum Gasteiger partial charge on any atom is -0.373 e. The van der Waals surface area contributed by atoms with Crippen molar-refractivity contribution in [2.75, 3.05) is 39.5 Å². The first kappa shape index (κ1) is 19.7. The van der Waals surface area contributed by atoms with Crippen LogP contribution in [0.2, 0.25) is 0 Å². The van der Waals surface area contributed by atoms with Gasteiger partial charge in [0.15, 0.2) is 0 Å². The van der Waals surface area contributed by atoms with Gasteiger partial charge in [0, 0.05) is 18.6 Å². The highest BCUT2D eigenvalue weighted by molar-refractivity contribution is 5.70. The van der Waals surface area contributed by atoms with Gasteiger partial charge in [-0.15, -0.1) is 0 Å². The summed E-state index contributed by atoms with van der Waals surface area (Å²) >= 11 is 0. The number of ether oxygens (including phenoxy) is 2. The second-order valence-electron chi connectivity index (χ2n) is 9.94. The number of rotatable bonds is 5. The molecular formula is C25H36N2O2. The number of hydrogen-bond donors (Lipinski definition) is 1. The third-order valence-electron chi connectivity index (χ3n) is 7.63. The van der Waals surface area contributed by atoms with Gasteiger partial charge in [-0.3, -0.25) is 4.90 Å². The molecule has 29 heavy (non-hydrogen) atoms. The highest BCUT2D eigenvalue weighted by Crippen LogP contribution is 2.41. The molecule has 2 unspecified atom stereocenters. The van der Waals surface area contributed by atoms with Crippen LogP contribution in [0, 0.1) is 5.92 Å². The van der Waals surface area contributed by atoms with Crippen LogP contribution < -0.4 is 5.32 Å². The number of hydrogen-bond acceptors (Lipinski definition) is 4. The monoisotopic (exact) mass is 396 g/mol. The molecule has 0 radical (unpaired) electrons. The van der Waals surface area contributed by atoms with Crippen molar-refractivity contribution >= 4 is 5.57 Å². The van der Waals surface area contributed by atoms with E-state index in [-0.39, 0.29) is 5.60 Å². The molecule has 1 N–H and O–H groups in total. The summed E-state index contributed by atoms with van der Waals surface area (Å²) in [4.78, 5) is 2.72. The summed E-state index contributed by atoms with van der Waals surface area (Å²) < 4.78 is 12.0. The molecule has 158 valence electrons. The van der Waals surface area contributed by atoms with Crippen LogP contribution >= 0.6 is 0 Å². The third kappa shape index (κ3) is 3.81. The molecule has 4 aliphatic heterocycles. The van der Waals surface area contributed by atoms with Gasteiger partial charge in [-0.05, 0) is 67.3 Å². The first-order valence-electron chi connectivity index (χ1n) is 11.6. The van der Waals surface area contributed by atoms with Crippen molar-refractivity contribution in [2.24, 2.45) is 5.92 Å². The summed E-state index contributed by atoms with van der Waals surface area (Å²) in [5.41, 5.74) is 4.45. The maximum absolute atomic E-state index is 6.43. The number of nitrogens with one attached hydrogen (secondary N) is 1. The first-order valence-corrected chi connectivity index (χ1v) is 11.6. The SMILES string of the molecule is CC(C)CC1NCC12C[C@H](N1CCC(c3ccccc3C3=CCOC3)CC1)CO2. The van der Waals surface area contributed by atoms with Crippen molar-refractivity contribution in [3.05, 3.63) is 41.5 Å². The van der Waals surface area contributed by atoms with Gasteiger partial charge in [0.1, 0.15) is 0 Å². The number of benzene rings is 1. The van der Waals surface area contributed by atoms with E-state index in [1.54, 1.807) is 0 Å². The van der Waals surface area contributed by atoms with Gasteiger partial charge in [0.05, 0.1) is 25.4 Å². The lowest BCUT2D eigenvalue weighted by molar-refractivity contribution is -0.0826. The predicted octanol–water partition coefficient (Wildman–Crippen LogP) is 3.83. The summed E-state index contributed by atoms with van der Waals surface area (Å²) in [7, 11) is 0. The smallest absolute Gasteiger partial charge is 0.0974 e. The van der Waals surface area contributed by atoms with E-state index in [9.17, 15) is 0 Å². The molecule has 4 heteroatoms. The number of piperidine rings is 1. The Morgan fingerprint density at radius 1 is 1.21 bits per heavy atom. The van der Waals surface area contributed by atoms with Gasteiger partial charge in [-0.1, -0.05) is 44.2 Å². The molecule has 1 aromatic carbocycles. The van der Waals surface area contributed by atoms with Gasteiger partial charge in [-0.25, -0.2) is 0 Å². The lowest BCUT2D eigenvalue weighted by Crippen LogP contribution is -2.68. The van der Waals surface area contributed by atoms with Crippen LogP contribution in [0.25, 0.3) is 5.57 Å². The van der Waals surface area contributed by atoms with Crippen LogP contribution in [-0.4, -0.2) is 62.0 Å². The second-order valence-corrected chi connectivity index (χ2v) is 9.94. The van der Waals surface area contributed by atoms with Gasteiger partial charge >= 0.3 is 0 Å². The molecule has 0 amide bonds. The fourth-order valence-electron chi connectivity index (χ4n) is 5.92. The highest BCUT2D eigenvalue weighted by atomic mass is 16.5. The predicted molar refractivity (Wildman–Crippen MR) is 117 cm³/mol. The van der Waals surface area contributed by atoms with Gasteiger partial charge in [0.2, 0.25) is 0 Å². The largest absolute Gasteiger partial charge is 0.373 e. The standard InChI is InChI=1S/C25H36N2O2/c1-18(2)13-24-25(17-26-24)14-21(16-29-25)27-10-7-19(8-11-27)22-5-3-4-6-23(22)20-9-12-28-15-20/h3-6,9,18-19,21,24,26H,7-8,10-17H2,1-2H3/t21-,24?,25?/m0/s1. The molecule has 5 rings (SSSR count). The molecule has 4 aliphatic rings. The second kappa shape index (κ2) is 8.14. The van der Waals surface area contributed by atoms with E-state index in [1.165, 1.54) is 55.5 Å². The van der Waals surface area contributed by atoms with E-state index >= 15 is 0 Å². The van der Waals surface area contributed by atoms with Crippen LogP contribution in [0.4, 0.5) is 0 Å². The van der Waals surface area contributed by atoms with Crippen molar-refractivity contribution < 1.29 is 9.47 Å². The molecule has 0 saturated carbocycles. The molecule has 3 atom stereocenters. The van der Waals surface area contributed by atoms with E-state index in [2.05, 4.69) is 54.4 Å². The van der Waals surface area contributed by atoms with Gasteiger partial charge in [-0.2, -0.15) is 0 Å². The first-order chi connectivity index (χ1) is 14.1. The zero-order valence-electron chi connectivity index (χ0n) is 18.0. The molecule has 4 heterocycles. The van der Waals surface area contributed by atoms with Crippen LogP contribution in [-0.2, 0) is 9.47 Å². The molecule has 3 fully saturated rings. The van der Waals surface area contributed by atoms with Crippen molar-refractivity contribution in [3.63, 3.8) is 0 Å². The Labute approximate surface area is 175 Å². The van der Waals surface area contributed by atoms with Crippen molar-refractivity contribution in [3.8, 4) is 0 Å². The summed E-state index contributed by atoms with van der Waals surface area (Å²) in [6, 6.07) is 10.2. The zero-order chi connectivity index (χ0) is 19.8. The fraction of sp³-hybridized carbons (Fsp3) is 0.680. The lowest BCUT2D eigenvalue weighted by atomic mass is 9.78. The van der Waals surface area contributed by atoms with Gasteiger partial charge in [0.25, 0.3) is 0 Å². The molecule has 1 aromatic rings. The average molecular weight is 397 g/mol. The van der Waals surface area contributed by atoms with E-state index < -0.39 is 0 Å². The quantitative estimate of drug-likeness (QED) is 0.820. The third-order valence-corrected chi connectivity index (χ3v) is 7.63. The number of nitrogens with zero attached hydrogens (tertiary/aromatic N) is 1. The Morgan fingerprint density at radius 2 is 2.03 bits per heavy atom. The van der Waals surface area contributed by atoms with E-state index in [1.807, 2.05) is 0 Å². The summed E-state index contributed by atoms with van der Waals surface area (Å²) in [5.74, 6) is 1.39. The Morgan fingerprint density at radius 3 is 2.72 bits per heavy atom. The minimum absolute atomic E-state index is 0.118. The normalized spacial score (nSPS) is 33.4. The Hall–Kier alpha value is -1.20.